The maximum atomic E-state index is 12.4. The average Bonchev–Trinajstić information content (AvgIpc) is 3.25. The van der Waals surface area contributed by atoms with Crippen LogP contribution >= 0.6 is 0 Å². The first-order chi connectivity index (χ1) is 12.7. The van der Waals surface area contributed by atoms with E-state index in [1.54, 1.807) is 12.1 Å². The number of carbonyl (C=O) groups excluding carboxylic acids is 2. The molecule has 2 heterocycles. The third-order valence-electron chi connectivity index (χ3n) is 6.17. The molecule has 3 N–H and O–H groups in total. The molecular weight excluding hydrogens is 326 g/mol. The highest BCUT2D eigenvalue weighted by molar-refractivity contribution is 5.96. The van der Waals surface area contributed by atoms with Gasteiger partial charge in [-0.3, -0.25) is 9.59 Å². The Kier molecular flexibility index (Phi) is 5.25. The summed E-state index contributed by atoms with van der Waals surface area (Å²) in [6.45, 7) is 0. The van der Waals surface area contributed by atoms with E-state index in [-0.39, 0.29) is 11.8 Å². The molecule has 26 heavy (non-hydrogen) atoms. The summed E-state index contributed by atoms with van der Waals surface area (Å²) in [6, 6.07) is 8.80. The average molecular weight is 355 g/mol. The summed E-state index contributed by atoms with van der Waals surface area (Å²) in [5.74, 6) is 0.560. The minimum absolute atomic E-state index is 0.0139. The summed E-state index contributed by atoms with van der Waals surface area (Å²) in [5.41, 5.74) is 1.43. The van der Waals surface area contributed by atoms with Crippen LogP contribution in [0.5, 0.6) is 0 Å². The normalized spacial score (nSPS) is 28.1. The van der Waals surface area contributed by atoms with Gasteiger partial charge in [0.25, 0.3) is 5.91 Å². The number of rotatable bonds is 5. The quantitative estimate of drug-likeness (QED) is 0.759. The van der Waals surface area contributed by atoms with E-state index in [1.807, 2.05) is 12.1 Å². The van der Waals surface area contributed by atoms with E-state index in [4.69, 9.17) is 0 Å². The first kappa shape index (κ1) is 17.5. The Hall–Kier alpha value is -1.88. The summed E-state index contributed by atoms with van der Waals surface area (Å²) in [5, 5.41) is 9.70. The highest BCUT2D eigenvalue weighted by atomic mass is 16.2. The molecule has 2 amide bonds. The summed E-state index contributed by atoms with van der Waals surface area (Å²) in [7, 11) is 0. The van der Waals surface area contributed by atoms with Crippen LogP contribution in [0.25, 0.3) is 0 Å². The van der Waals surface area contributed by atoms with Gasteiger partial charge in [-0.2, -0.15) is 0 Å². The van der Waals surface area contributed by atoms with Crippen LogP contribution in [-0.4, -0.2) is 29.9 Å². The zero-order valence-corrected chi connectivity index (χ0v) is 15.3. The topological polar surface area (TPSA) is 70.2 Å². The molecule has 3 fully saturated rings. The molecule has 1 aliphatic carbocycles. The maximum absolute atomic E-state index is 12.4. The van der Waals surface area contributed by atoms with Gasteiger partial charge in [-0.25, -0.2) is 0 Å². The molecule has 2 saturated heterocycles. The van der Waals surface area contributed by atoms with Crippen LogP contribution < -0.4 is 16.0 Å². The molecule has 5 nitrogen and oxygen atoms in total. The van der Waals surface area contributed by atoms with Crippen molar-refractivity contribution in [3.05, 3.63) is 29.8 Å². The van der Waals surface area contributed by atoms with Crippen LogP contribution in [0.3, 0.4) is 0 Å². The van der Waals surface area contributed by atoms with E-state index < -0.39 is 0 Å². The third-order valence-corrected chi connectivity index (χ3v) is 6.17. The second-order valence-electron chi connectivity index (χ2n) is 8.26. The Morgan fingerprint density at radius 2 is 1.62 bits per heavy atom. The van der Waals surface area contributed by atoms with Crippen LogP contribution in [0.4, 0.5) is 5.69 Å². The lowest BCUT2D eigenvalue weighted by atomic mass is 9.89. The Bertz CT molecular complexity index is 640. The molecule has 0 spiro atoms. The number of amides is 2. The van der Waals surface area contributed by atoms with E-state index in [0.29, 0.717) is 36.0 Å². The van der Waals surface area contributed by atoms with Crippen LogP contribution in [0, 0.1) is 5.92 Å². The zero-order valence-electron chi connectivity index (χ0n) is 15.3. The minimum Gasteiger partial charge on any atom is -0.349 e. The molecule has 1 aromatic carbocycles. The van der Waals surface area contributed by atoms with Crippen molar-refractivity contribution in [3.8, 4) is 0 Å². The van der Waals surface area contributed by atoms with Gasteiger partial charge in [-0.1, -0.05) is 12.8 Å². The molecular formula is C21H29N3O2. The van der Waals surface area contributed by atoms with Gasteiger partial charge in [-0.15, -0.1) is 0 Å². The van der Waals surface area contributed by atoms with Crippen molar-refractivity contribution in [2.24, 2.45) is 5.92 Å². The fraction of sp³-hybridized carbons (Fsp3) is 0.619. The fourth-order valence-electron chi connectivity index (χ4n) is 4.86. The molecule has 5 heteroatoms. The van der Waals surface area contributed by atoms with Crippen molar-refractivity contribution in [3.63, 3.8) is 0 Å². The molecule has 2 unspecified atom stereocenters. The lowest BCUT2D eigenvalue weighted by Gasteiger charge is -2.28. The Balaban J connectivity index is 1.26. The van der Waals surface area contributed by atoms with E-state index in [1.165, 1.54) is 25.7 Å². The van der Waals surface area contributed by atoms with Gasteiger partial charge >= 0.3 is 0 Å². The fourth-order valence-corrected chi connectivity index (χ4v) is 4.86. The first-order valence-corrected chi connectivity index (χ1v) is 10.1. The van der Waals surface area contributed by atoms with Gasteiger partial charge in [-0.05, 0) is 68.7 Å². The van der Waals surface area contributed by atoms with E-state index >= 15 is 0 Å². The number of piperidine rings is 1. The molecule has 2 aliphatic heterocycles. The zero-order chi connectivity index (χ0) is 17.9. The van der Waals surface area contributed by atoms with E-state index in [9.17, 15) is 9.59 Å². The van der Waals surface area contributed by atoms with Crippen LogP contribution in [0.1, 0.15) is 68.1 Å². The van der Waals surface area contributed by atoms with Crippen LogP contribution in [-0.2, 0) is 4.79 Å². The van der Waals surface area contributed by atoms with Gasteiger partial charge < -0.3 is 16.0 Å². The summed E-state index contributed by atoms with van der Waals surface area (Å²) < 4.78 is 0. The molecule has 1 aromatic rings. The van der Waals surface area contributed by atoms with Crippen LogP contribution in [0.2, 0.25) is 0 Å². The second kappa shape index (κ2) is 7.78. The monoisotopic (exact) mass is 355 g/mol. The van der Waals surface area contributed by atoms with Gasteiger partial charge in [0.2, 0.25) is 5.91 Å². The number of hydrogen-bond acceptors (Lipinski definition) is 3. The van der Waals surface area contributed by atoms with Gasteiger partial charge in [0.15, 0.2) is 0 Å². The molecule has 2 bridgehead atoms. The Labute approximate surface area is 155 Å². The number of fused-ring (bicyclic) bond motifs is 2. The van der Waals surface area contributed by atoms with E-state index in [2.05, 4.69) is 16.0 Å². The standard InChI is InChI=1S/C21H29N3O2/c25-20(13-14-11-18-9-10-19(12-14)22-18)23-17-7-5-15(6-8-17)21(26)24-16-3-1-2-4-16/h5-8,14,16,18-19,22H,1-4,9-13H2,(H,23,25)(H,24,26). The van der Waals surface area contributed by atoms with Crippen LogP contribution in [0.15, 0.2) is 24.3 Å². The molecule has 140 valence electrons. The Morgan fingerprint density at radius 3 is 2.27 bits per heavy atom. The lowest BCUT2D eigenvalue weighted by Crippen LogP contribution is -2.39. The number of carbonyl (C=O) groups is 2. The largest absolute Gasteiger partial charge is 0.349 e. The predicted molar refractivity (Wildman–Crippen MR) is 102 cm³/mol. The highest BCUT2D eigenvalue weighted by Crippen LogP contribution is 2.32. The predicted octanol–water partition coefficient (Wildman–Crippen LogP) is 3.22. The number of nitrogens with one attached hydrogen (secondary N) is 3. The number of anilines is 1. The molecule has 3 aliphatic rings. The van der Waals surface area contributed by atoms with Crippen molar-refractivity contribution < 1.29 is 9.59 Å². The highest BCUT2D eigenvalue weighted by Gasteiger charge is 2.34. The van der Waals surface area contributed by atoms with Crippen molar-refractivity contribution in [1.82, 2.24) is 10.6 Å². The first-order valence-electron chi connectivity index (χ1n) is 10.1. The molecule has 2 atom stereocenters. The SMILES string of the molecule is O=C(CC1CC2CCC(C1)N2)Nc1ccc(C(=O)NC2CCCC2)cc1. The molecule has 4 rings (SSSR count). The van der Waals surface area contributed by atoms with Crippen molar-refractivity contribution >= 4 is 17.5 Å². The molecule has 0 aromatic heterocycles. The molecule has 0 radical (unpaired) electrons. The molecule has 1 saturated carbocycles. The maximum Gasteiger partial charge on any atom is 0.251 e. The smallest absolute Gasteiger partial charge is 0.251 e. The summed E-state index contributed by atoms with van der Waals surface area (Å²) in [6.07, 6.45) is 9.91. The number of benzene rings is 1. The van der Waals surface area contributed by atoms with Crippen molar-refractivity contribution in [1.29, 1.82) is 0 Å². The third kappa shape index (κ3) is 4.26. The van der Waals surface area contributed by atoms with Gasteiger partial charge in [0.05, 0.1) is 0 Å². The minimum atomic E-state index is -0.0139. The van der Waals surface area contributed by atoms with E-state index in [0.717, 1.165) is 31.4 Å². The van der Waals surface area contributed by atoms with Crippen molar-refractivity contribution in [2.75, 3.05) is 5.32 Å². The second-order valence-corrected chi connectivity index (χ2v) is 8.26. The van der Waals surface area contributed by atoms with Gasteiger partial charge in [0.1, 0.15) is 0 Å². The summed E-state index contributed by atoms with van der Waals surface area (Å²) in [4.78, 5) is 24.6. The Morgan fingerprint density at radius 1 is 0.962 bits per heavy atom. The van der Waals surface area contributed by atoms with Gasteiger partial charge in [0, 0.05) is 35.8 Å². The summed E-state index contributed by atoms with van der Waals surface area (Å²) >= 11 is 0. The van der Waals surface area contributed by atoms with Crippen molar-refractivity contribution in [2.45, 2.75) is 75.9 Å². The lowest BCUT2D eigenvalue weighted by molar-refractivity contribution is -0.117. The number of hydrogen-bond donors (Lipinski definition) is 3.